The number of aryl methyl sites for hydroxylation is 2. The van der Waals surface area contributed by atoms with Crippen LogP contribution >= 0.6 is 0 Å². The number of rotatable bonds is 4. The number of pyridine rings is 1. The first-order valence-electron chi connectivity index (χ1n) is 10.9. The number of piperidine rings is 1. The molecule has 29 heavy (non-hydrogen) atoms. The van der Waals surface area contributed by atoms with Crippen molar-refractivity contribution < 1.29 is 14.6 Å². The Labute approximate surface area is 170 Å². The van der Waals surface area contributed by atoms with Crippen LogP contribution in [-0.4, -0.2) is 52.8 Å². The highest BCUT2D eigenvalue weighted by atomic mass is 16.5. The first kappa shape index (κ1) is 18.9. The second-order valence-corrected chi connectivity index (χ2v) is 8.78. The number of anilines is 1. The summed E-state index contributed by atoms with van der Waals surface area (Å²) in [5.41, 5.74) is 11.6. The summed E-state index contributed by atoms with van der Waals surface area (Å²) in [4.78, 5) is 19.8. The second kappa shape index (κ2) is 6.99. The Kier molecular flexibility index (Phi) is 4.55. The molecular formula is C22H30N4O3. The molecule has 2 aromatic rings. The van der Waals surface area contributed by atoms with Crippen molar-refractivity contribution in [3.8, 4) is 0 Å². The molecular weight excluding hydrogens is 368 g/mol. The third-order valence-corrected chi connectivity index (χ3v) is 7.30. The van der Waals surface area contributed by atoms with Gasteiger partial charge in [-0.1, -0.05) is 0 Å². The zero-order valence-electron chi connectivity index (χ0n) is 17.2. The first-order valence-corrected chi connectivity index (χ1v) is 10.9. The Balaban J connectivity index is 1.70. The van der Waals surface area contributed by atoms with Crippen molar-refractivity contribution in [2.24, 2.45) is 5.73 Å². The zero-order valence-corrected chi connectivity index (χ0v) is 17.2. The number of fused-ring (bicyclic) bond motifs is 4. The Bertz CT molecular complexity index is 967. The number of carbonyl (C=O) groups excluding carboxylic acids is 1. The molecule has 7 nitrogen and oxygen atoms in total. The number of carbonyl (C=O) groups is 1. The van der Waals surface area contributed by atoms with Crippen molar-refractivity contribution in [3.63, 3.8) is 0 Å². The van der Waals surface area contributed by atoms with Crippen molar-refractivity contribution in [3.05, 3.63) is 28.1 Å². The minimum atomic E-state index is -0.444. The van der Waals surface area contributed by atoms with Crippen molar-refractivity contribution in [2.75, 3.05) is 31.7 Å². The summed E-state index contributed by atoms with van der Waals surface area (Å²) in [6.45, 7) is 1.68. The number of primary amides is 1. The molecule has 1 fully saturated rings. The van der Waals surface area contributed by atoms with E-state index in [1.54, 1.807) is 7.11 Å². The van der Waals surface area contributed by atoms with Gasteiger partial charge in [0.05, 0.1) is 23.5 Å². The number of imidazole rings is 1. The van der Waals surface area contributed by atoms with Crippen LogP contribution in [0.25, 0.3) is 5.65 Å². The molecule has 3 heterocycles. The van der Waals surface area contributed by atoms with E-state index in [-0.39, 0.29) is 12.5 Å². The average molecular weight is 399 g/mol. The molecule has 0 aromatic carbocycles. The molecule has 5 rings (SSSR count). The van der Waals surface area contributed by atoms with Gasteiger partial charge in [0, 0.05) is 25.9 Å². The quantitative estimate of drug-likeness (QED) is 0.819. The molecule has 1 aliphatic heterocycles. The number of hydrogen-bond donors (Lipinski definition) is 2. The highest BCUT2D eigenvalue weighted by Gasteiger charge is 2.37. The molecule has 3 N–H and O–H groups in total. The number of amides is 1. The number of ether oxygens (including phenoxy) is 1. The average Bonchev–Trinajstić information content (AvgIpc) is 3.36. The van der Waals surface area contributed by atoms with Gasteiger partial charge in [0.2, 0.25) is 0 Å². The molecule has 1 amide bonds. The summed E-state index contributed by atoms with van der Waals surface area (Å²) < 4.78 is 7.92. The number of aliphatic hydroxyl groups excluding tert-OH is 1. The molecule has 3 aliphatic rings. The predicted octanol–water partition coefficient (Wildman–Crippen LogP) is 1.78. The summed E-state index contributed by atoms with van der Waals surface area (Å²) in [6, 6.07) is 0. The molecule has 0 unspecified atom stereocenters. The molecule has 1 saturated heterocycles. The molecule has 0 saturated carbocycles. The molecule has 2 aromatic heterocycles. The third-order valence-electron chi connectivity index (χ3n) is 7.30. The van der Waals surface area contributed by atoms with Gasteiger partial charge >= 0.3 is 0 Å². The lowest BCUT2D eigenvalue weighted by atomic mass is 9.91. The Morgan fingerprint density at radius 1 is 1.14 bits per heavy atom. The molecule has 2 aliphatic carbocycles. The number of aliphatic hydroxyl groups is 1. The van der Waals surface area contributed by atoms with Gasteiger partial charge in [-0.05, 0) is 68.9 Å². The summed E-state index contributed by atoms with van der Waals surface area (Å²) in [6.07, 6.45) is 8.74. The van der Waals surface area contributed by atoms with Crippen LogP contribution < -0.4 is 10.6 Å². The topological polar surface area (TPSA) is 93.1 Å². The van der Waals surface area contributed by atoms with Gasteiger partial charge in [-0.3, -0.25) is 9.20 Å². The minimum absolute atomic E-state index is 0.0476. The summed E-state index contributed by atoms with van der Waals surface area (Å²) in [5, 5.41) is 9.84. The SMILES string of the molecule is COC1(CO)CCN(c2c3c(c(C(N)=O)c4nc5c(n24)CCCC5)CCC3)CC1. The van der Waals surface area contributed by atoms with Crippen molar-refractivity contribution in [1.29, 1.82) is 0 Å². The molecule has 0 bridgehead atoms. The smallest absolute Gasteiger partial charge is 0.252 e. The van der Waals surface area contributed by atoms with E-state index in [0.717, 1.165) is 87.8 Å². The van der Waals surface area contributed by atoms with Gasteiger partial charge < -0.3 is 20.5 Å². The van der Waals surface area contributed by atoms with Crippen LogP contribution in [0.1, 0.15) is 65.0 Å². The van der Waals surface area contributed by atoms with Crippen LogP contribution in [0.4, 0.5) is 5.82 Å². The standard InChI is InChI=1S/C22H30N4O3/c1-29-22(13-27)9-11-25(12-10-22)21-15-6-4-5-14(15)18(19(23)28)20-24-16-7-2-3-8-17(16)26(20)21/h27H,2-13H2,1H3,(H2,23,28). The number of nitrogens with two attached hydrogens (primary N) is 1. The summed E-state index contributed by atoms with van der Waals surface area (Å²) in [7, 11) is 1.69. The maximum absolute atomic E-state index is 12.4. The number of hydrogen-bond acceptors (Lipinski definition) is 5. The van der Waals surface area contributed by atoms with Crippen LogP contribution in [0.15, 0.2) is 0 Å². The van der Waals surface area contributed by atoms with Crippen LogP contribution in [0.3, 0.4) is 0 Å². The number of methoxy groups -OCH3 is 1. The fraction of sp³-hybridized carbons (Fsp3) is 0.636. The Hall–Kier alpha value is -2.12. The van der Waals surface area contributed by atoms with E-state index in [1.165, 1.54) is 17.1 Å². The number of aromatic nitrogens is 2. The van der Waals surface area contributed by atoms with Crippen molar-refractivity contribution in [1.82, 2.24) is 9.38 Å². The molecule has 0 atom stereocenters. The van der Waals surface area contributed by atoms with Crippen molar-refractivity contribution in [2.45, 2.75) is 63.4 Å². The van der Waals surface area contributed by atoms with E-state index in [9.17, 15) is 9.90 Å². The summed E-state index contributed by atoms with van der Waals surface area (Å²) in [5.74, 6) is 0.843. The van der Waals surface area contributed by atoms with E-state index in [4.69, 9.17) is 15.5 Å². The van der Waals surface area contributed by atoms with E-state index in [0.29, 0.717) is 5.56 Å². The molecule has 7 heteroatoms. The largest absolute Gasteiger partial charge is 0.393 e. The van der Waals surface area contributed by atoms with Gasteiger partial charge in [0.25, 0.3) is 5.91 Å². The monoisotopic (exact) mass is 398 g/mol. The lowest BCUT2D eigenvalue weighted by molar-refractivity contribution is -0.0673. The lowest BCUT2D eigenvalue weighted by Crippen LogP contribution is -2.48. The van der Waals surface area contributed by atoms with Gasteiger partial charge in [-0.15, -0.1) is 0 Å². The Morgan fingerprint density at radius 2 is 1.86 bits per heavy atom. The maximum Gasteiger partial charge on any atom is 0.252 e. The third kappa shape index (κ3) is 2.78. The predicted molar refractivity (Wildman–Crippen MR) is 111 cm³/mol. The fourth-order valence-electron chi connectivity index (χ4n) is 5.62. The van der Waals surface area contributed by atoms with Gasteiger partial charge in [-0.25, -0.2) is 4.98 Å². The summed E-state index contributed by atoms with van der Waals surface area (Å²) >= 11 is 0. The minimum Gasteiger partial charge on any atom is -0.393 e. The van der Waals surface area contributed by atoms with Crippen LogP contribution in [-0.2, 0) is 30.4 Å². The van der Waals surface area contributed by atoms with Crippen LogP contribution in [0, 0.1) is 0 Å². The molecule has 0 radical (unpaired) electrons. The normalized spacial score (nSPS) is 20.7. The van der Waals surface area contributed by atoms with Crippen molar-refractivity contribution >= 4 is 17.4 Å². The van der Waals surface area contributed by atoms with E-state index >= 15 is 0 Å². The second-order valence-electron chi connectivity index (χ2n) is 8.78. The first-order chi connectivity index (χ1) is 14.1. The highest BCUT2D eigenvalue weighted by Crippen LogP contribution is 2.40. The zero-order chi connectivity index (χ0) is 20.2. The van der Waals surface area contributed by atoms with Gasteiger partial charge in [-0.2, -0.15) is 0 Å². The lowest BCUT2D eigenvalue weighted by Gasteiger charge is -2.41. The highest BCUT2D eigenvalue weighted by molar-refractivity contribution is 6.02. The van der Waals surface area contributed by atoms with Crippen LogP contribution in [0.2, 0.25) is 0 Å². The molecule has 0 spiro atoms. The molecule has 156 valence electrons. The van der Waals surface area contributed by atoms with E-state index in [2.05, 4.69) is 9.30 Å². The maximum atomic E-state index is 12.4. The Morgan fingerprint density at radius 3 is 2.55 bits per heavy atom. The van der Waals surface area contributed by atoms with E-state index in [1.807, 2.05) is 0 Å². The van der Waals surface area contributed by atoms with Gasteiger partial charge in [0.1, 0.15) is 5.82 Å². The van der Waals surface area contributed by atoms with E-state index < -0.39 is 5.60 Å². The van der Waals surface area contributed by atoms with Crippen LogP contribution in [0.5, 0.6) is 0 Å². The van der Waals surface area contributed by atoms with Gasteiger partial charge in [0.15, 0.2) is 5.65 Å². The number of nitrogens with zero attached hydrogens (tertiary/aromatic N) is 3. The fourth-order valence-corrected chi connectivity index (χ4v) is 5.62.